The van der Waals surface area contributed by atoms with Crippen LogP contribution in [0.2, 0.25) is 0 Å². The third kappa shape index (κ3) is 1.58. The summed E-state index contributed by atoms with van der Waals surface area (Å²) in [6.45, 7) is 6.80. The van der Waals surface area contributed by atoms with E-state index in [0.717, 1.165) is 27.7 Å². The highest BCUT2D eigenvalue weighted by Gasteiger charge is 2.39. The van der Waals surface area contributed by atoms with E-state index in [1.54, 1.807) is 11.0 Å². The van der Waals surface area contributed by atoms with Gasteiger partial charge in [0.2, 0.25) is 0 Å². The lowest BCUT2D eigenvalue weighted by Crippen LogP contribution is -2.41. The minimum absolute atomic E-state index is 0.0251. The zero-order valence-electron chi connectivity index (χ0n) is 12.9. The van der Waals surface area contributed by atoms with Crippen molar-refractivity contribution in [1.29, 1.82) is 0 Å². The molecule has 0 saturated carbocycles. The molecule has 2 atom stereocenters. The first-order valence-corrected chi connectivity index (χ1v) is 7.64. The summed E-state index contributed by atoms with van der Waals surface area (Å²) >= 11 is 0. The number of carbonyl (C=O) groups excluding carboxylic acids is 1. The van der Waals surface area contributed by atoms with Crippen LogP contribution in [0.1, 0.15) is 35.3 Å². The largest absolute Gasteiger partial charge is 0.508 e. The van der Waals surface area contributed by atoms with Gasteiger partial charge < -0.3 is 5.11 Å². The van der Waals surface area contributed by atoms with Gasteiger partial charge >= 0.3 is 0 Å². The van der Waals surface area contributed by atoms with Gasteiger partial charge in [0.15, 0.2) is 0 Å². The van der Waals surface area contributed by atoms with Crippen molar-refractivity contribution in [2.75, 3.05) is 6.54 Å². The van der Waals surface area contributed by atoms with Gasteiger partial charge in [0.1, 0.15) is 11.6 Å². The average molecular weight is 294 g/mol. The highest BCUT2D eigenvalue weighted by atomic mass is 16.3. The molecule has 4 heteroatoms. The maximum Gasteiger partial charge on any atom is 0.260 e. The fourth-order valence-electron chi connectivity index (χ4n) is 3.43. The summed E-state index contributed by atoms with van der Waals surface area (Å²) in [5.41, 5.74) is 2.38. The molecule has 0 bridgehead atoms. The number of phenols is 1. The number of aliphatic imine (C=N–C) groups is 1. The van der Waals surface area contributed by atoms with Crippen molar-refractivity contribution < 1.29 is 9.90 Å². The summed E-state index contributed by atoms with van der Waals surface area (Å²) in [5, 5.41) is 12.0. The highest BCUT2D eigenvalue weighted by Crippen LogP contribution is 2.37. The van der Waals surface area contributed by atoms with Crippen LogP contribution in [0.15, 0.2) is 29.3 Å². The molecule has 0 aromatic heterocycles. The van der Waals surface area contributed by atoms with Crippen LogP contribution in [-0.2, 0) is 0 Å². The van der Waals surface area contributed by atoms with E-state index in [-0.39, 0.29) is 17.7 Å². The molecule has 2 aromatic carbocycles. The Labute approximate surface area is 129 Å². The number of hydrogen-bond acceptors (Lipinski definition) is 3. The summed E-state index contributed by atoms with van der Waals surface area (Å²) in [6.07, 6.45) is 0. The lowest BCUT2D eigenvalue weighted by molar-refractivity contribution is 0.0834. The first kappa shape index (κ1) is 13.3. The molecule has 0 spiro atoms. The van der Waals surface area contributed by atoms with E-state index in [1.807, 2.05) is 25.1 Å². The predicted octanol–water partition coefficient (Wildman–Crippen LogP) is 3.09. The van der Waals surface area contributed by atoms with E-state index < -0.39 is 0 Å². The van der Waals surface area contributed by atoms with Crippen LogP contribution in [-0.4, -0.2) is 34.3 Å². The number of aromatic hydroxyl groups is 1. The van der Waals surface area contributed by atoms with Crippen LogP contribution < -0.4 is 0 Å². The van der Waals surface area contributed by atoms with Gasteiger partial charge in [0.05, 0.1) is 11.6 Å². The lowest BCUT2D eigenvalue weighted by Gasteiger charge is -2.30. The number of nitrogens with zero attached hydrogens (tertiary/aromatic N) is 2. The fraction of sp³-hybridized carbons (Fsp3) is 0.333. The number of aryl methyl sites for hydroxylation is 1. The summed E-state index contributed by atoms with van der Waals surface area (Å²) in [4.78, 5) is 19.3. The second-order valence-electron chi connectivity index (χ2n) is 6.38. The Hall–Kier alpha value is -2.36. The molecule has 1 amide bonds. The van der Waals surface area contributed by atoms with Gasteiger partial charge in [-0.25, -0.2) is 0 Å². The SMILES string of the molecule is Cc1c(O)ccc2ccc3c(c12)C1=N[C@H](C)[C@H](C)CN1C3=O. The van der Waals surface area contributed by atoms with E-state index in [4.69, 9.17) is 4.99 Å². The first-order valence-electron chi connectivity index (χ1n) is 7.64. The minimum Gasteiger partial charge on any atom is -0.508 e. The monoisotopic (exact) mass is 294 g/mol. The van der Waals surface area contributed by atoms with Crippen molar-refractivity contribution in [3.8, 4) is 5.75 Å². The molecule has 0 unspecified atom stereocenters. The number of amides is 1. The number of benzene rings is 2. The highest BCUT2D eigenvalue weighted by molar-refractivity contribution is 6.29. The molecule has 2 aliphatic rings. The zero-order valence-corrected chi connectivity index (χ0v) is 12.9. The molecule has 0 fully saturated rings. The van der Waals surface area contributed by atoms with Crippen LogP contribution in [0.3, 0.4) is 0 Å². The summed E-state index contributed by atoms with van der Waals surface area (Å²) in [6, 6.07) is 7.61. The maximum absolute atomic E-state index is 12.7. The van der Waals surface area contributed by atoms with Crippen molar-refractivity contribution in [2.45, 2.75) is 26.8 Å². The summed E-state index contributed by atoms with van der Waals surface area (Å²) in [7, 11) is 0. The molecule has 0 radical (unpaired) electrons. The zero-order chi connectivity index (χ0) is 15.6. The lowest BCUT2D eigenvalue weighted by atomic mass is 9.95. The number of phenolic OH excluding ortho intramolecular Hbond substituents is 1. The van der Waals surface area contributed by atoms with E-state index >= 15 is 0 Å². The minimum atomic E-state index is 0.0251. The quantitative estimate of drug-likeness (QED) is 0.811. The molecule has 112 valence electrons. The molecular formula is C18H18N2O2. The van der Waals surface area contributed by atoms with Gasteiger partial charge in [-0.15, -0.1) is 0 Å². The van der Waals surface area contributed by atoms with Gasteiger partial charge in [-0.2, -0.15) is 0 Å². The molecule has 1 N–H and O–H groups in total. The number of amidine groups is 1. The van der Waals surface area contributed by atoms with Crippen molar-refractivity contribution in [2.24, 2.45) is 10.9 Å². The molecule has 2 heterocycles. The number of hydrogen-bond donors (Lipinski definition) is 1. The van der Waals surface area contributed by atoms with Gasteiger partial charge in [0, 0.05) is 12.1 Å². The van der Waals surface area contributed by atoms with Crippen LogP contribution >= 0.6 is 0 Å². The smallest absolute Gasteiger partial charge is 0.260 e. The number of fused-ring (bicyclic) bond motifs is 5. The topological polar surface area (TPSA) is 52.9 Å². The predicted molar refractivity (Wildman–Crippen MR) is 86.5 cm³/mol. The second kappa shape index (κ2) is 4.32. The first-order chi connectivity index (χ1) is 10.5. The van der Waals surface area contributed by atoms with Crippen molar-refractivity contribution in [1.82, 2.24) is 4.90 Å². The second-order valence-corrected chi connectivity index (χ2v) is 6.38. The normalized spacial score (nSPS) is 23.5. The van der Waals surface area contributed by atoms with Gasteiger partial charge in [0.25, 0.3) is 5.91 Å². The summed E-state index contributed by atoms with van der Waals surface area (Å²) < 4.78 is 0. The van der Waals surface area contributed by atoms with E-state index in [2.05, 4.69) is 13.8 Å². The average Bonchev–Trinajstić information content (AvgIpc) is 2.76. The molecule has 2 aliphatic heterocycles. The van der Waals surface area contributed by atoms with Crippen LogP contribution in [0.5, 0.6) is 5.75 Å². The molecule has 2 aromatic rings. The van der Waals surface area contributed by atoms with Gasteiger partial charge in [-0.3, -0.25) is 14.7 Å². The Bertz CT molecular complexity index is 854. The van der Waals surface area contributed by atoms with Gasteiger partial charge in [-0.05, 0) is 48.2 Å². The molecule has 4 rings (SSSR count). The molecule has 4 nitrogen and oxygen atoms in total. The third-order valence-corrected chi connectivity index (χ3v) is 4.99. The number of carbonyl (C=O) groups is 1. The third-order valence-electron chi connectivity index (χ3n) is 4.99. The summed E-state index contributed by atoms with van der Waals surface area (Å²) in [5.74, 6) is 1.40. The Balaban J connectivity index is 2.09. The van der Waals surface area contributed by atoms with Crippen LogP contribution in [0.25, 0.3) is 10.8 Å². The maximum atomic E-state index is 12.7. The van der Waals surface area contributed by atoms with E-state index in [9.17, 15) is 9.90 Å². The van der Waals surface area contributed by atoms with Crippen molar-refractivity contribution >= 4 is 22.5 Å². The standard InChI is InChI=1S/C18H18N2O2/c1-9-8-20-17(19-11(9)3)16-13(18(20)22)6-4-12-5-7-14(21)10(2)15(12)16/h4-7,9,11,21H,8H2,1-3H3/t9-,11-/m1/s1. The van der Waals surface area contributed by atoms with E-state index in [0.29, 0.717) is 18.0 Å². The Kier molecular flexibility index (Phi) is 2.61. The fourth-order valence-corrected chi connectivity index (χ4v) is 3.43. The molecule has 0 aliphatic carbocycles. The van der Waals surface area contributed by atoms with E-state index in [1.165, 1.54) is 0 Å². The molecular weight excluding hydrogens is 276 g/mol. The Morgan fingerprint density at radius 2 is 1.95 bits per heavy atom. The Morgan fingerprint density at radius 1 is 1.23 bits per heavy atom. The molecule has 22 heavy (non-hydrogen) atoms. The van der Waals surface area contributed by atoms with Gasteiger partial charge in [-0.1, -0.05) is 19.1 Å². The van der Waals surface area contributed by atoms with Crippen molar-refractivity contribution in [3.63, 3.8) is 0 Å². The molecule has 0 saturated heterocycles. The van der Waals surface area contributed by atoms with Crippen LogP contribution in [0.4, 0.5) is 0 Å². The number of rotatable bonds is 0. The Morgan fingerprint density at radius 3 is 2.73 bits per heavy atom. The van der Waals surface area contributed by atoms with Crippen LogP contribution in [0, 0.1) is 12.8 Å². The van der Waals surface area contributed by atoms with Crippen molar-refractivity contribution in [3.05, 3.63) is 41.0 Å².